The highest BCUT2D eigenvalue weighted by molar-refractivity contribution is 7.61. The predicted octanol–water partition coefficient (Wildman–Crippen LogP) is 5.35. The molecular formula is C23H32FO5P. The van der Waals surface area contributed by atoms with E-state index >= 15 is 0 Å². The maximum atomic E-state index is 13.8. The smallest absolute Gasteiger partial charge is 0.305 e. The van der Waals surface area contributed by atoms with Crippen molar-refractivity contribution >= 4 is 18.9 Å². The Morgan fingerprint density at radius 1 is 1.30 bits per heavy atom. The normalized spacial score (nSPS) is 21.5. The summed E-state index contributed by atoms with van der Waals surface area (Å²) in [6.45, 7) is 10.2. The average Bonchev–Trinajstić information content (AvgIpc) is 2.52. The molecule has 0 spiro atoms. The van der Waals surface area contributed by atoms with Crippen LogP contribution in [0.5, 0.6) is 0 Å². The Morgan fingerprint density at radius 2 is 1.93 bits per heavy atom. The van der Waals surface area contributed by atoms with E-state index in [0.717, 1.165) is 29.6 Å². The number of rotatable bonds is 7. The van der Waals surface area contributed by atoms with Crippen molar-refractivity contribution in [2.45, 2.75) is 60.0 Å². The summed E-state index contributed by atoms with van der Waals surface area (Å²) in [7, 11) is -3.88. The maximum absolute atomic E-state index is 13.8. The molecule has 3 N–H and O–H groups in total. The summed E-state index contributed by atoms with van der Waals surface area (Å²) in [5.41, 5.74) is 3.02. The van der Waals surface area contributed by atoms with Crippen molar-refractivity contribution < 1.29 is 28.9 Å². The third-order valence-corrected chi connectivity index (χ3v) is 7.05. The third-order valence-electron chi connectivity index (χ3n) is 5.49. The molecule has 1 aliphatic rings. The van der Waals surface area contributed by atoms with E-state index in [4.69, 9.17) is 5.11 Å². The van der Waals surface area contributed by atoms with Gasteiger partial charge in [0.05, 0.1) is 18.7 Å². The largest absolute Gasteiger partial charge is 0.481 e. The van der Waals surface area contributed by atoms with Gasteiger partial charge in [-0.2, -0.15) is 0 Å². The molecule has 1 aromatic carbocycles. The topological polar surface area (TPSA) is 94.8 Å². The van der Waals surface area contributed by atoms with E-state index in [1.54, 1.807) is 25.1 Å². The Labute approximate surface area is 177 Å². The van der Waals surface area contributed by atoms with Gasteiger partial charge in [0.1, 0.15) is 5.82 Å². The molecule has 2 rings (SSSR count). The molecule has 166 valence electrons. The molecule has 30 heavy (non-hydrogen) atoms. The SMILES string of the molecule is Cc1cc(C2=C(/C=C/P(=O)(O)C[C@@H](O)CC(=O)O)C(C)(C)CC(C)(C)C2)ccc1F. The number of hydrogen-bond donors (Lipinski definition) is 3. The molecule has 0 amide bonds. The maximum Gasteiger partial charge on any atom is 0.305 e. The number of aliphatic hydroxyl groups is 1. The second kappa shape index (κ2) is 8.78. The Bertz CT molecular complexity index is 930. The highest BCUT2D eigenvalue weighted by Crippen LogP contribution is 2.53. The van der Waals surface area contributed by atoms with Crippen LogP contribution in [0.25, 0.3) is 5.57 Å². The molecular weight excluding hydrogens is 406 g/mol. The number of carboxylic acid groups (broad SMARTS) is 1. The van der Waals surface area contributed by atoms with Gasteiger partial charge < -0.3 is 15.1 Å². The van der Waals surface area contributed by atoms with Crippen LogP contribution in [-0.2, 0) is 9.36 Å². The molecule has 0 bridgehead atoms. The van der Waals surface area contributed by atoms with Crippen LogP contribution < -0.4 is 0 Å². The number of carboxylic acids is 1. The molecule has 1 unspecified atom stereocenters. The Hall–Kier alpha value is -1.75. The predicted molar refractivity (Wildman–Crippen MR) is 117 cm³/mol. The first kappa shape index (κ1) is 24.5. The summed E-state index contributed by atoms with van der Waals surface area (Å²) in [6, 6.07) is 4.97. The molecule has 2 atom stereocenters. The van der Waals surface area contributed by atoms with Gasteiger partial charge in [-0.25, -0.2) is 4.39 Å². The minimum Gasteiger partial charge on any atom is -0.481 e. The first-order chi connectivity index (χ1) is 13.6. The van der Waals surface area contributed by atoms with Crippen LogP contribution >= 0.6 is 7.37 Å². The van der Waals surface area contributed by atoms with Crippen LogP contribution in [0.15, 0.2) is 35.7 Å². The highest BCUT2D eigenvalue weighted by atomic mass is 31.2. The van der Waals surface area contributed by atoms with Crippen LogP contribution in [0.1, 0.15) is 58.1 Å². The van der Waals surface area contributed by atoms with Crippen molar-refractivity contribution in [3.8, 4) is 0 Å². The summed E-state index contributed by atoms with van der Waals surface area (Å²) in [5.74, 6) is -0.305. The van der Waals surface area contributed by atoms with Gasteiger partial charge in [0.15, 0.2) is 0 Å². The molecule has 0 aliphatic heterocycles. The van der Waals surface area contributed by atoms with Gasteiger partial charge in [0, 0.05) is 5.82 Å². The summed E-state index contributed by atoms with van der Waals surface area (Å²) in [4.78, 5) is 21.0. The van der Waals surface area contributed by atoms with E-state index in [9.17, 15) is 23.7 Å². The van der Waals surface area contributed by atoms with E-state index in [2.05, 4.69) is 27.7 Å². The van der Waals surface area contributed by atoms with Crippen molar-refractivity contribution in [3.05, 3.63) is 52.6 Å². The number of carbonyl (C=O) groups is 1. The van der Waals surface area contributed by atoms with Crippen LogP contribution in [0.4, 0.5) is 4.39 Å². The van der Waals surface area contributed by atoms with Gasteiger partial charge in [-0.15, -0.1) is 0 Å². The number of halogens is 1. The summed E-state index contributed by atoms with van der Waals surface area (Å²) >= 11 is 0. The van der Waals surface area contributed by atoms with Crippen molar-refractivity contribution in [2.75, 3.05) is 6.16 Å². The lowest BCUT2D eigenvalue weighted by Gasteiger charge is -2.43. The van der Waals surface area contributed by atoms with Crippen molar-refractivity contribution in [2.24, 2.45) is 10.8 Å². The van der Waals surface area contributed by atoms with Crippen molar-refractivity contribution in [1.82, 2.24) is 0 Å². The minimum atomic E-state index is -3.88. The number of benzene rings is 1. The molecule has 0 saturated heterocycles. The van der Waals surface area contributed by atoms with Gasteiger partial charge in [-0.1, -0.05) is 39.8 Å². The fraction of sp³-hybridized carbons (Fsp3) is 0.522. The van der Waals surface area contributed by atoms with Gasteiger partial charge in [-0.05, 0) is 65.0 Å². The van der Waals surface area contributed by atoms with E-state index in [1.807, 2.05) is 0 Å². The van der Waals surface area contributed by atoms with E-state index in [1.165, 1.54) is 11.9 Å². The lowest BCUT2D eigenvalue weighted by Crippen LogP contribution is -2.30. The van der Waals surface area contributed by atoms with E-state index < -0.39 is 32.0 Å². The molecule has 1 aromatic rings. The zero-order valence-corrected chi connectivity index (χ0v) is 19.2. The second-order valence-electron chi connectivity index (χ2n) is 9.76. The molecule has 0 heterocycles. The summed E-state index contributed by atoms with van der Waals surface area (Å²) in [5, 5.41) is 18.5. The molecule has 5 nitrogen and oxygen atoms in total. The fourth-order valence-electron chi connectivity index (χ4n) is 4.57. The third kappa shape index (κ3) is 6.37. The summed E-state index contributed by atoms with van der Waals surface area (Å²) in [6.07, 6.45) is 0.743. The first-order valence-electron chi connectivity index (χ1n) is 10.0. The molecule has 1 aliphatic carbocycles. The van der Waals surface area contributed by atoms with Crippen LogP contribution in [0, 0.1) is 23.6 Å². The number of allylic oxidation sites excluding steroid dienone is 3. The van der Waals surface area contributed by atoms with Gasteiger partial charge in [0.2, 0.25) is 7.37 Å². The number of aliphatic carboxylic acids is 1. The molecule has 7 heteroatoms. The van der Waals surface area contributed by atoms with Crippen LogP contribution in [0.3, 0.4) is 0 Å². The first-order valence-corrected chi connectivity index (χ1v) is 11.9. The van der Waals surface area contributed by atoms with Crippen LogP contribution in [0.2, 0.25) is 0 Å². The van der Waals surface area contributed by atoms with Gasteiger partial charge in [-0.3, -0.25) is 9.36 Å². The lowest BCUT2D eigenvalue weighted by molar-refractivity contribution is -0.138. The number of aliphatic hydroxyl groups excluding tert-OH is 1. The number of hydrogen-bond acceptors (Lipinski definition) is 3. The summed E-state index contributed by atoms with van der Waals surface area (Å²) < 4.78 is 26.4. The van der Waals surface area contributed by atoms with E-state index in [0.29, 0.717) is 5.56 Å². The van der Waals surface area contributed by atoms with Crippen LogP contribution in [-0.4, -0.2) is 33.3 Å². The Morgan fingerprint density at radius 3 is 2.50 bits per heavy atom. The monoisotopic (exact) mass is 438 g/mol. The van der Waals surface area contributed by atoms with Crippen molar-refractivity contribution in [3.63, 3.8) is 0 Å². The van der Waals surface area contributed by atoms with Gasteiger partial charge in [0.25, 0.3) is 0 Å². The number of aryl methyl sites for hydroxylation is 1. The van der Waals surface area contributed by atoms with Gasteiger partial charge >= 0.3 is 5.97 Å². The lowest BCUT2D eigenvalue weighted by atomic mass is 9.61. The molecule has 0 fully saturated rings. The highest BCUT2D eigenvalue weighted by Gasteiger charge is 2.38. The molecule has 0 aromatic heterocycles. The average molecular weight is 438 g/mol. The fourth-order valence-corrected chi connectivity index (χ4v) is 5.81. The zero-order chi connectivity index (χ0) is 22.9. The van der Waals surface area contributed by atoms with Crippen molar-refractivity contribution in [1.29, 1.82) is 0 Å². The quantitative estimate of drug-likeness (QED) is 0.499. The second-order valence-corrected chi connectivity index (χ2v) is 11.9. The Balaban J connectivity index is 2.50. The molecule has 0 radical (unpaired) electrons. The zero-order valence-electron chi connectivity index (χ0n) is 18.3. The standard InChI is InChI=1S/C23H32FO5P/c1-15-10-16(6-7-20(15)24)18-12-22(2,3)14-23(4,5)19(18)8-9-30(28,29)13-17(25)11-21(26)27/h6-10,17,25H,11-14H2,1-5H3,(H,26,27)(H,28,29)/b9-8+/t17-/m0/s1. The molecule has 0 saturated carbocycles. The minimum absolute atomic E-state index is 0.000936. The van der Waals surface area contributed by atoms with E-state index in [-0.39, 0.29) is 16.6 Å². The Kier molecular flexibility index (Phi) is 7.17.